The fraction of sp³-hybridized carbons (Fsp3) is 0.909. The van der Waals surface area contributed by atoms with Crippen LogP contribution >= 0.6 is 0 Å². The lowest BCUT2D eigenvalue weighted by Gasteiger charge is -2.16. The fourth-order valence-electron chi connectivity index (χ4n) is 1.07. The van der Waals surface area contributed by atoms with Crippen molar-refractivity contribution in [3.63, 3.8) is 0 Å². The molecule has 0 fully saturated rings. The lowest BCUT2D eigenvalue weighted by atomic mass is 10.0. The van der Waals surface area contributed by atoms with Crippen molar-refractivity contribution in [2.24, 2.45) is 11.8 Å². The molecule has 3 heteroatoms. The van der Waals surface area contributed by atoms with Gasteiger partial charge in [-0.1, -0.05) is 27.7 Å². The van der Waals surface area contributed by atoms with Crippen LogP contribution in [0.1, 0.15) is 40.5 Å². The molecular weight excluding hydrogens is 180 g/mol. The van der Waals surface area contributed by atoms with Gasteiger partial charge < -0.3 is 9.84 Å². The summed E-state index contributed by atoms with van der Waals surface area (Å²) >= 11 is 0. The Labute approximate surface area is 86.5 Å². The number of ether oxygens (including phenoxy) is 1. The average molecular weight is 202 g/mol. The molecule has 0 heterocycles. The van der Waals surface area contributed by atoms with Crippen molar-refractivity contribution >= 4 is 5.97 Å². The summed E-state index contributed by atoms with van der Waals surface area (Å²) in [7, 11) is 0. The molecule has 84 valence electrons. The third-order valence-corrected chi connectivity index (χ3v) is 1.91. The molecule has 1 atom stereocenters. The highest BCUT2D eigenvalue weighted by Crippen LogP contribution is 2.10. The highest BCUT2D eigenvalue weighted by atomic mass is 16.5. The Kier molecular flexibility index (Phi) is 6.54. The van der Waals surface area contributed by atoms with Crippen LogP contribution in [0.15, 0.2) is 0 Å². The number of carbonyl (C=O) groups is 1. The Balaban J connectivity index is 3.84. The van der Waals surface area contributed by atoms with Crippen LogP contribution in [0.25, 0.3) is 0 Å². The van der Waals surface area contributed by atoms with Crippen LogP contribution in [-0.2, 0) is 9.53 Å². The van der Waals surface area contributed by atoms with Crippen molar-refractivity contribution in [2.45, 2.75) is 46.6 Å². The molecule has 0 aliphatic carbocycles. The molecule has 3 nitrogen and oxygen atoms in total. The highest BCUT2D eigenvalue weighted by molar-refractivity contribution is 5.72. The van der Waals surface area contributed by atoms with Crippen molar-refractivity contribution < 1.29 is 14.6 Å². The van der Waals surface area contributed by atoms with Crippen LogP contribution in [-0.4, -0.2) is 23.8 Å². The van der Waals surface area contributed by atoms with E-state index < -0.39 is 12.1 Å². The molecule has 0 aromatic heterocycles. The minimum atomic E-state index is -0.841. The maximum atomic E-state index is 10.8. The van der Waals surface area contributed by atoms with Crippen molar-refractivity contribution in [3.05, 3.63) is 0 Å². The minimum Gasteiger partial charge on any atom is -0.479 e. The zero-order chi connectivity index (χ0) is 11.1. The summed E-state index contributed by atoms with van der Waals surface area (Å²) in [4.78, 5) is 10.8. The third-order valence-electron chi connectivity index (χ3n) is 1.91. The van der Waals surface area contributed by atoms with E-state index in [0.717, 1.165) is 6.42 Å². The number of carboxylic acid groups (broad SMARTS) is 1. The lowest BCUT2D eigenvalue weighted by Crippen LogP contribution is -2.26. The van der Waals surface area contributed by atoms with E-state index in [0.29, 0.717) is 24.9 Å². The van der Waals surface area contributed by atoms with E-state index in [4.69, 9.17) is 9.84 Å². The second-order valence-electron chi connectivity index (χ2n) is 4.53. The van der Waals surface area contributed by atoms with Crippen molar-refractivity contribution in [2.75, 3.05) is 6.61 Å². The summed E-state index contributed by atoms with van der Waals surface area (Å²) in [6, 6.07) is 0. The molecule has 0 aliphatic rings. The van der Waals surface area contributed by atoms with E-state index in [-0.39, 0.29) is 0 Å². The summed E-state index contributed by atoms with van der Waals surface area (Å²) in [6.45, 7) is 8.72. The third kappa shape index (κ3) is 6.89. The van der Waals surface area contributed by atoms with Crippen molar-refractivity contribution in [1.82, 2.24) is 0 Å². The van der Waals surface area contributed by atoms with Crippen LogP contribution < -0.4 is 0 Å². The molecular formula is C11H22O3. The van der Waals surface area contributed by atoms with Gasteiger partial charge in [0.1, 0.15) is 0 Å². The van der Waals surface area contributed by atoms with Gasteiger partial charge >= 0.3 is 5.97 Å². The highest BCUT2D eigenvalue weighted by Gasteiger charge is 2.18. The molecule has 14 heavy (non-hydrogen) atoms. The SMILES string of the molecule is CC(C)CCC(OCC(C)C)C(=O)O. The molecule has 1 N–H and O–H groups in total. The van der Waals surface area contributed by atoms with Gasteiger partial charge in [0.15, 0.2) is 6.10 Å². The molecule has 0 amide bonds. The Morgan fingerprint density at radius 2 is 1.71 bits per heavy atom. The first-order valence-corrected chi connectivity index (χ1v) is 5.27. The lowest BCUT2D eigenvalue weighted by molar-refractivity contribution is -0.151. The largest absolute Gasteiger partial charge is 0.479 e. The van der Waals surface area contributed by atoms with Gasteiger partial charge in [-0.3, -0.25) is 0 Å². The monoisotopic (exact) mass is 202 g/mol. The maximum absolute atomic E-state index is 10.8. The first-order chi connectivity index (χ1) is 6.43. The standard InChI is InChI=1S/C11H22O3/c1-8(2)5-6-10(11(12)13)14-7-9(3)4/h8-10H,5-7H2,1-4H3,(H,12,13). The molecule has 0 aromatic rings. The minimum absolute atomic E-state index is 0.385. The molecule has 0 saturated heterocycles. The molecule has 1 unspecified atom stereocenters. The average Bonchev–Trinajstić information content (AvgIpc) is 2.02. The summed E-state index contributed by atoms with van der Waals surface area (Å²) in [5.41, 5.74) is 0. The molecule has 0 saturated carbocycles. The fourth-order valence-corrected chi connectivity index (χ4v) is 1.07. The van der Waals surface area contributed by atoms with E-state index in [1.807, 2.05) is 13.8 Å². The summed E-state index contributed by atoms with van der Waals surface area (Å²) in [5, 5.41) is 8.87. The molecule has 0 rings (SSSR count). The Morgan fingerprint density at radius 3 is 2.07 bits per heavy atom. The predicted molar refractivity (Wildman–Crippen MR) is 56.3 cm³/mol. The van der Waals surface area contributed by atoms with Crippen LogP contribution in [0, 0.1) is 11.8 Å². The van der Waals surface area contributed by atoms with Crippen molar-refractivity contribution in [1.29, 1.82) is 0 Å². The molecule has 0 aromatic carbocycles. The smallest absolute Gasteiger partial charge is 0.332 e. The quantitative estimate of drug-likeness (QED) is 0.690. The summed E-state index contributed by atoms with van der Waals surface area (Å²) in [6.07, 6.45) is 0.884. The van der Waals surface area contributed by atoms with Gasteiger partial charge in [0.25, 0.3) is 0 Å². The Bertz CT molecular complexity index is 152. The van der Waals surface area contributed by atoms with Crippen LogP contribution in [0.4, 0.5) is 0 Å². The molecule has 0 radical (unpaired) electrons. The van der Waals surface area contributed by atoms with E-state index in [1.54, 1.807) is 0 Å². The Hall–Kier alpha value is -0.570. The van der Waals surface area contributed by atoms with Crippen molar-refractivity contribution in [3.8, 4) is 0 Å². The second-order valence-corrected chi connectivity index (χ2v) is 4.53. The van der Waals surface area contributed by atoms with Gasteiger partial charge in [0.05, 0.1) is 6.61 Å². The number of hydrogen-bond donors (Lipinski definition) is 1. The van der Waals surface area contributed by atoms with Crippen LogP contribution in [0.3, 0.4) is 0 Å². The zero-order valence-corrected chi connectivity index (χ0v) is 9.62. The normalized spacial score (nSPS) is 13.6. The molecule has 0 aliphatic heterocycles. The summed E-state index contributed by atoms with van der Waals surface area (Å²) in [5.74, 6) is 0.0710. The zero-order valence-electron chi connectivity index (χ0n) is 9.62. The van der Waals surface area contributed by atoms with E-state index in [2.05, 4.69) is 13.8 Å². The van der Waals surface area contributed by atoms with Gasteiger partial charge in [0, 0.05) is 0 Å². The van der Waals surface area contributed by atoms with E-state index in [9.17, 15) is 4.79 Å². The second kappa shape index (κ2) is 6.82. The maximum Gasteiger partial charge on any atom is 0.332 e. The van der Waals surface area contributed by atoms with Gasteiger partial charge in [-0.05, 0) is 24.7 Å². The number of carboxylic acids is 1. The predicted octanol–water partition coefficient (Wildman–Crippen LogP) is 2.55. The first-order valence-electron chi connectivity index (χ1n) is 5.27. The number of hydrogen-bond acceptors (Lipinski definition) is 2. The van der Waals surface area contributed by atoms with E-state index in [1.165, 1.54) is 0 Å². The summed E-state index contributed by atoms with van der Waals surface area (Å²) < 4.78 is 5.32. The van der Waals surface area contributed by atoms with Gasteiger partial charge in [-0.25, -0.2) is 4.79 Å². The molecule has 0 bridgehead atoms. The number of aliphatic carboxylic acids is 1. The van der Waals surface area contributed by atoms with E-state index >= 15 is 0 Å². The van der Waals surface area contributed by atoms with Crippen LogP contribution in [0.5, 0.6) is 0 Å². The number of rotatable bonds is 7. The van der Waals surface area contributed by atoms with Gasteiger partial charge in [0.2, 0.25) is 0 Å². The van der Waals surface area contributed by atoms with Gasteiger partial charge in [-0.2, -0.15) is 0 Å². The Morgan fingerprint density at radius 1 is 1.14 bits per heavy atom. The molecule has 0 spiro atoms. The van der Waals surface area contributed by atoms with Crippen LogP contribution in [0.2, 0.25) is 0 Å². The first kappa shape index (κ1) is 13.4. The van der Waals surface area contributed by atoms with Gasteiger partial charge in [-0.15, -0.1) is 0 Å². The topological polar surface area (TPSA) is 46.5 Å².